The molecule has 2 N–H and O–H groups in total. The molecule has 0 aliphatic rings. The van der Waals surface area contributed by atoms with E-state index in [1.807, 2.05) is 6.92 Å². The smallest absolute Gasteiger partial charge is 0.323 e. The monoisotopic (exact) mass is 300 g/mol. The fraction of sp³-hybridized carbons (Fsp3) is 0.143. The number of aryl methyl sites for hydroxylation is 1. The highest BCUT2D eigenvalue weighted by Gasteiger charge is 2.13. The number of aromatic amines is 1. The van der Waals surface area contributed by atoms with Gasteiger partial charge in [-0.1, -0.05) is 0 Å². The minimum absolute atomic E-state index is 0.369. The quantitative estimate of drug-likeness (QED) is 0.675. The molecule has 0 amide bonds. The molecule has 0 radical (unpaired) electrons. The zero-order valence-corrected chi connectivity index (χ0v) is 11.6. The maximum Gasteiger partial charge on any atom is 0.323 e. The van der Waals surface area contributed by atoms with Crippen molar-refractivity contribution in [3.8, 4) is 5.69 Å². The van der Waals surface area contributed by atoms with Crippen LogP contribution in [0.15, 0.2) is 40.4 Å². The summed E-state index contributed by atoms with van der Waals surface area (Å²) in [4.78, 5) is 41.0. The largest absolute Gasteiger partial charge is 0.480 e. The molecule has 8 nitrogen and oxygen atoms in total. The molecule has 0 aliphatic carbocycles. The first kappa shape index (κ1) is 13.8. The van der Waals surface area contributed by atoms with Crippen LogP contribution in [0.1, 0.15) is 5.56 Å². The Labute approximate surface area is 123 Å². The number of aliphatic carboxylic acids is 1. The van der Waals surface area contributed by atoms with Crippen LogP contribution < -0.4 is 11.1 Å². The van der Waals surface area contributed by atoms with Crippen molar-refractivity contribution >= 4 is 17.0 Å². The SMILES string of the molecule is Cc1cc2c(cc1-n1ccnc1)[nH]c(=O)c(=O)n2CC(=O)O. The molecule has 0 saturated heterocycles. The summed E-state index contributed by atoms with van der Waals surface area (Å²) in [5.41, 5.74) is 0.615. The Balaban J connectivity index is 2.35. The summed E-state index contributed by atoms with van der Waals surface area (Å²) in [6.45, 7) is 1.26. The molecule has 0 unspecified atom stereocenters. The lowest BCUT2D eigenvalue weighted by atomic mass is 10.1. The van der Waals surface area contributed by atoms with Gasteiger partial charge in [-0.25, -0.2) is 4.98 Å². The number of H-pyrrole nitrogens is 1. The number of aromatic nitrogens is 4. The summed E-state index contributed by atoms with van der Waals surface area (Å²) < 4.78 is 2.72. The lowest BCUT2D eigenvalue weighted by Gasteiger charge is -2.12. The first-order chi connectivity index (χ1) is 10.5. The van der Waals surface area contributed by atoms with Gasteiger partial charge in [-0.05, 0) is 24.6 Å². The highest BCUT2D eigenvalue weighted by atomic mass is 16.4. The van der Waals surface area contributed by atoms with E-state index in [1.54, 1.807) is 35.4 Å². The number of rotatable bonds is 3. The van der Waals surface area contributed by atoms with Crippen LogP contribution in [0.3, 0.4) is 0 Å². The Bertz CT molecular complexity index is 982. The minimum Gasteiger partial charge on any atom is -0.480 e. The first-order valence-corrected chi connectivity index (χ1v) is 6.45. The van der Waals surface area contributed by atoms with E-state index in [0.29, 0.717) is 11.0 Å². The lowest BCUT2D eigenvalue weighted by Crippen LogP contribution is -2.37. The molecule has 8 heteroatoms. The molecule has 0 aliphatic heterocycles. The molecule has 3 aromatic rings. The Morgan fingerprint density at radius 3 is 2.77 bits per heavy atom. The number of imidazole rings is 1. The van der Waals surface area contributed by atoms with Gasteiger partial charge in [0.25, 0.3) is 0 Å². The van der Waals surface area contributed by atoms with Gasteiger partial charge < -0.3 is 14.7 Å². The van der Waals surface area contributed by atoms with Gasteiger partial charge in [0.2, 0.25) is 0 Å². The topological polar surface area (TPSA) is 110 Å². The number of carboxylic acid groups (broad SMARTS) is 1. The number of hydrogen-bond acceptors (Lipinski definition) is 4. The van der Waals surface area contributed by atoms with Crippen LogP contribution in [0, 0.1) is 6.92 Å². The van der Waals surface area contributed by atoms with Crippen LogP contribution in [0.4, 0.5) is 0 Å². The first-order valence-electron chi connectivity index (χ1n) is 6.45. The molecule has 0 fully saturated rings. The highest BCUT2D eigenvalue weighted by Crippen LogP contribution is 2.20. The van der Waals surface area contributed by atoms with Crippen LogP contribution in [-0.2, 0) is 11.3 Å². The van der Waals surface area contributed by atoms with Crippen LogP contribution in [0.2, 0.25) is 0 Å². The number of nitrogens with zero attached hydrogens (tertiary/aromatic N) is 3. The van der Waals surface area contributed by atoms with Crippen molar-refractivity contribution in [3.63, 3.8) is 0 Å². The maximum absolute atomic E-state index is 11.9. The van der Waals surface area contributed by atoms with Gasteiger partial charge in [0.05, 0.1) is 23.0 Å². The maximum atomic E-state index is 11.9. The molecule has 2 aromatic heterocycles. The van der Waals surface area contributed by atoms with Gasteiger partial charge in [-0.2, -0.15) is 0 Å². The molecule has 3 rings (SSSR count). The Morgan fingerprint density at radius 2 is 2.14 bits per heavy atom. The van der Waals surface area contributed by atoms with Crippen molar-refractivity contribution in [2.45, 2.75) is 13.5 Å². The molecule has 1 aromatic carbocycles. The predicted octanol–water partition coefficient (Wildman–Crippen LogP) is 0.269. The third-order valence-corrected chi connectivity index (χ3v) is 3.37. The summed E-state index contributed by atoms with van der Waals surface area (Å²) in [5, 5.41) is 8.93. The average molecular weight is 300 g/mol. The fourth-order valence-electron chi connectivity index (χ4n) is 2.38. The normalized spacial score (nSPS) is 11.0. The van der Waals surface area contributed by atoms with E-state index >= 15 is 0 Å². The summed E-state index contributed by atoms with van der Waals surface area (Å²) in [6, 6.07) is 3.36. The van der Waals surface area contributed by atoms with Crippen LogP contribution >= 0.6 is 0 Å². The Hall–Kier alpha value is -3.16. The summed E-state index contributed by atoms with van der Waals surface area (Å²) in [5.74, 6) is -1.19. The van der Waals surface area contributed by atoms with Gasteiger partial charge in [0.1, 0.15) is 6.54 Å². The summed E-state index contributed by atoms with van der Waals surface area (Å²) in [6.07, 6.45) is 4.98. The number of fused-ring (bicyclic) bond motifs is 1. The Kier molecular flexibility index (Phi) is 3.13. The molecule has 22 heavy (non-hydrogen) atoms. The van der Waals surface area contributed by atoms with E-state index in [-0.39, 0.29) is 0 Å². The molecule has 0 saturated carbocycles. The number of nitrogens with one attached hydrogen (secondary N) is 1. The number of carboxylic acids is 1. The standard InChI is InChI=1S/C14H12N4O4/c1-8-4-11-9(5-10(8)17-3-2-15-7-17)16-13(21)14(22)18(11)6-12(19)20/h2-5,7H,6H2,1H3,(H,16,21)(H,19,20). The second-order valence-electron chi connectivity index (χ2n) is 4.86. The third kappa shape index (κ3) is 2.20. The van der Waals surface area contributed by atoms with Crippen molar-refractivity contribution < 1.29 is 9.90 Å². The second kappa shape index (κ2) is 4.99. The molecule has 112 valence electrons. The van der Waals surface area contributed by atoms with E-state index in [4.69, 9.17) is 5.11 Å². The van der Waals surface area contributed by atoms with E-state index in [1.165, 1.54) is 0 Å². The minimum atomic E-state index is -1.19. The van der Waals surface area contributed by atoms with Gasteiger partial charge in [0.15, 0.2) is 0 Å². The zero-order valence-electron chi connectivity index (χ0n) is 11.6. The van der Waals surface area contributed by atoms with Gasteiger partial charge in [-0.3, -0.25) is 19.0 Å². The number of carbonyl (C=O) groups is 1. The van der Waals surface area contributed by atoms with E-state index < -0.39 is 23.6 Å². The molecule has 0 spiro atoms. The number of benzene rings is 1. The molecular formula is C14H12N4O4. The Morgan fingerprint density at radius 1 is 1.36 bits per heavy atom. The van der Waals surface area contributed by atoms with Crippen molar-refractivity contribution in [1.29, 1.82) is 0 Å². The van der Waals surface area contributed by atoms with Crippen molar-refractivity contribution in [2.75, 3.05) is 0 Å². The van der Waals surface area contributed by atoms with Crippen molar-refractivity contribution in [3.05, 3.63) is 57.1 Å². The molecule has 2 heterocycles. The van der Waals surface area contributed by atoms with Gasteiger partial charge >= 0.3 is 17.1 Å². The summed E-state index contributed by atoms with van der Waals surface area (Å²) >= 11 is 0. The second-order valence-corrected chi connectivity index (χ2v) is 4.86. The zero-order chi connectivity index (χ0) is 15.9. The predicted molar refractivity (Wildman–Crippen MR) is 78.3 cm³/mol. The molecular weight excluding hydrogens is 288 g/mol. The van der Waals surface area contributed by atoms with E-state index in [0.717, 1.165) is 15.8 Å². The number of hydrogen-bond donors (Lipinski definition) is 2. The van der Waals surface area contributed by atoms with Crippen LogP contribution in [0.5, 0.6) is 0 Å². The van der Waals surface area contributed by atoms with Gasteiger partial charge in [0, 0.05) is 12.4 Å². The van der Waals surface area contributed by atoms with Crippen molar-refractivity contribution in [1.82, 2.24) is 19.1 Å². The molecule has 0 atom stereocenters. The van der Waals surface area contributed by atoms with Crippen LogP contribution in [0.25, 0.3) is 16.7 Å². The fourth-order valence-corrected chi connectivity index (χ4v) is 2.38. The molecule has 0 bridgehead atoms. The average Bonchev–Trinajstić information content (AvgIpc) is 2.98. The summed E-state index contributed by atoms with van der Waals surface area (Å²) in [7, 11) is 0. The van der Waals surface area contributed by atoms with Gasteiger partial charge in [-0.15, -0.1) is 0 Å². The highest BCUT2D eigenvalue weighted by molar-refractivity contribution is 5.80. The van der Waals surface area contributed by atoms with Crippen LogP contribution in [-0.4, -0.2) is 30.2 Å². The van der Waals surface area contributed by atoms with E-state index in [2.05, 4.69) is 9.97 Å². The van der Waals surface area contributed by atoms with E-state index in [9.17, 15) is 14.4 Å². The third-order valence-electron chi connectivity index (χ3n) is 3.37. The lowest BCUT2D eigenvalue weighted by molar-refractivity contribution is -0.137. The van der Waals surface area contributed by atoms with Crippen molar-refractivity contribution in [2.24, 2.45) is 0 Å².